The molecule has 0 bridgehead atoms. The van der Waals surface area contributed by atoms with Crippen LogP contribution in [0.4, 0.5) is 0 Å². The van der Waals surface area contributed by atoms with E-state index in [1.807, 2.05) is 6.92 Å². The minimum absolute atomic E-state index is 0.164. The Morgan fingerprint density at radius 3 is 2.79 bits per heavy atom. The minimum atomic E-state index is -3.53. The van der Waals surface area contributed by atoms with E-state index in [9.17, 15) is 8.42 Å². The van der Waals surface area contributed by atoms with E-state index in [-0.39, 0.29) is 10.0 Å². The van der Waals surface area contributed by atoms with Gasteiger partial charge in [0.15, 0.2) is 0 Å². The molecule has 1 unspecified atom stereocenters. The molecular weight excluding hydrogens is 288 g/mol. The topological polar surface area (TPSA) is 59.5 Å². The lowest BCUT2D eigenvalue weighted by atomic mass is 9.96. The molecule has 5 nitrogen and oxygen atoms in total. The highest BCUT2D eigenvalue weighted by molar-refractivity contribution is 7.89. The zero-order valence-electron chi connectivity index (χ0n) is 11.0. The fourth-order valence-corrected chi connectivity index (χ4v) is 3.84. The lowest BCUT2D eigenvalue weighted by Gasteiger charge is -2.38. The largest absolute Gasteiger partial charge is 0.377 e. The van der Waals surface area contributed by atoms with Gasteiger partial charge in [0.05, 0.1) is 5.60 Å². The van der Waals surface area contributed by atoms with Gasteiger partial charge in [0, 0.05) is 26.4 Å². The molecule has 2 heterocycles. The Balaban J connectivity index is 2.27. The first-order valence-corrected chi connectivity index (χ1v) is 7.86. The van der Waals surface area contributed by atoms with E-state index in [4.69, 9.17) is 16.3 Å². The number of ether oxygens (including phenoxy) is 1. The first kappa shape index (κ1) is 14.7. The van der Waals surface area contributed by atoms with Crippen molar-refractivity contribution in [3.05, 3.63) is 23.5 Å². The van der Waals surface area contributed by atoms with Gasteiger partial charge in [-0.2, -0.15) is 4.31 Å². The fraction of sp³-hybridized carbons (Fsp3) is 0.583. The van der Waals surface area contributed by atoms with E-state index in [1.165, 1.54) is 22.6 Å². The quantitative estimate of drug-likeness (QED) is 0.801. The summed E-state index contributed by atoms with van der Waals surface area (Å²) < 4.78 is 31.8. The number of halogens is 1. The third kappa shape index (κ3) is 3.08. The van der Waals surface area contributed by atoms with Crippen molar-refractivity contribution in [3.63, 3.8) is 0 Å². The number of hydrogen-bond acceptors (Lipinski definition) is 4. The van der Waals surface area contributed by atoms with Crippen LogP contribution in [-0.4, -0.2) is 43.5 Å². The number of aromatic nitrogens is 1. The molecule has 1 atom stereocenters. The monoisotopic (exact) mass is 304 g/mol. The average molecular weight is 305 g/mol. The van der Waals surface area contributed by atoms with Crippen LogP contribution in [-0.2, 0) is 14.8 Å². The minimum Gasteiger partial charge on any atom is -0.377 e. The van der Waals surface area contributed by atoms with Gasteiger partial charge in [-0.3, -0.25) is 0 Å². The summed E-state index contributed by atoms with van der Waals surface area (Å²) in [5.74, 6) is 0. The van der Waals surface area contributed by atoms with E-state index in [1.54, 1.807) is 7.11 Å². The SMILES string of the molecule is COC1(C)CCCN(S(=O)(=O)c2ccc(Cl)nc2)C1. The molecule has 1 fully saturated rings. The van der Waals surface area contributed by atoms with Gasteiger partial charge in [0.2, 0.25) is 10.0 Å². The first-order valence-electron chi connectivity index (χ1n) is 6.04. The van der Waals surface area contributed by atoms with Gasteiger partial charge in [-0.05, 0) is 31.9 Å². The molecule has 2 rings (SSSR count). The molecule has 0 saturated carbocycles. The predicted octanol–water partition coefficient (Wildman–Crippen LogP) is 1.92. The summed E-state index contributed by atoms with van der Waals surface area (Å²) in [7, 11) is -1.92. The van der Waals surface area contributed by atoms with E-state index >= 15 is 0 Å². The second-order valence-electron chi connectivity index (χ2n) is 4.91. The fourth-order valence-electron chi connectivity index (χ4n) is 2.20. The highest BCUT2D eigenvalue weighted by Gasteiger charge is 2.37. The molecule has 0 aromatic carbocycles. The molecule has 7 heteroatoms. The lowest BCUT2D eigenvalue weighted by Crippen LogP contribution is -2.49. The summed E-state index contributed by atoms with van der Waals surface area (Å²) in [4.78, 5) is 3.99. The molecule has 1 saturated heterocycles. The third-order valence-electron chi connectivity index (χ3n) is 3.45. The number of methoxy groups -OCH3 is 1. The smallest absolute Gasteiger partial charge is 0.244 e. The summed E-state index contributed by atoms with van der Waals surface area (Å²) in [6, 6.07) is 2.96. The van der Waals surface area contributed by atoms with E-state index in [2.05, 4.69) is 4.98 Å². The Kier molecular flexibility index (Phi) is 4.15. The molecular formula is C12H17ClN2O3S. The van der Waals surface area contributed by atoms with Crippen molar-refractivity contribution in [2.75, 3.05) is 20.2 Å². The van der Waals surface area contributed by atoms with Crippen LogP contribution >= 0.6 is 11.6 Å². The highest BCUT2D eigenvalue weighted by atomic mass is 35.5. The lowest BCUT2D eigenvalue weighted by molar-refractivity contribution is -0.0319. The van der Waals surface area contributed by atoms with Gasteiger partial charge in [-0.15, -0.1) is 0 Å². The summed E-state index contributed by atoms with van der Waals surface area (Å²) >= 11 is 5.68. The molecule has 0 amide bonds. The number of nitrogens with zero attached hydrogens (tertiary/aromatic N) is 2. The van der Waals surface area contributed by atoms with Gasteiger partial charge in [-0.1, -0.05) is 11.6 Å². The average Bonchev–Trinajstić information content (AvgIpc) is 2.39. The second kappa shape index (κ2) is 5.36. The van der Waals surface area contributed by atoms with Crippen molar-refractivity contribution in [1.29, 1.82) is 0 Å². The van der Waals surface area contributed by atoms with Crippen LogP contribution in [0.25, 0.3) is 0 Å². The van der Waals surface area contributed by atoms with Gasteiger partial charge < -0.3 is 4.74 Å². The summed E-state index contributed by atoms with van der Waals surface area (Å²) in [6.07, 6.45) is 2.93. The molecule has 1 aliphatic heterocycles. The summed E-state index contributed by atoms with van der Waals surface area (Å²) in [6.45, 7) is 2.78. The van der Waals surface area contributed by atoms with Crippen LogP contribution in [0.1, 0.15) is 19.8 Å². The van der Waals surface area contributed by atoms with Crippen molar-refractivity contribution < 1.29 is 13.2 Å². The third-order valence-corrected chi connectivity index (χ3v) is 5.51. The van der Waals surface area contributed by atoms with E-state index in [0.717, 1.165) is 12.8 Å². The van der Waals surface area contributed by atoms with Crippen LogP contribution in [0.15, 0.2) is 23.2 Å². The number of hydrogen-bond donors (Lipinski definition) is 0. The van der Waals surface area contributed by atoms with Crippen LogP contribution in [0.5, 0.6) is 0 Å². The maximum absolute atomic E-state index is 12.5. The Bertz CT molecular complexity index is 547. The standard InChI is InChI=1S/C12H17ClN2O3S/c1-12(18-2)6-3-7-15(9-12)19(16,17)10-4-5-11(13)14-8-10/h4-5,8H,3,6-7,9H2,1-2H3. The van der Waals surface area contributed by atoms with Crippen molar-refractivity contribution >= 4 is 21.6 Å². The van der Waals surface area contributed by atoms with Crippen molar-refractivity contribution in [3.8, 4) is 0 Å². The number of pyridine rings is 1. The summed E-state index contributed by atoms with van der Waals surface area (Å²) in [5.41, 5.74) is -0.425. The predicted molar refractivity (Wildman–Crippen MR) is 72.7 cm³/mol. The normalized spacial score (nSPS) is 25.4. The van der Waals surface area contributed by atoms with Crippen molar-refractivity contribution in [1.82, 2.24) is 9.29 Å². The Morgan fingerprint density at radius 2 is 2.21 bits per heavy atom. The Morgan fingerprint density at radius 1 is 1.47 bits per heavy atom. The van der Waals surface area contributed by atoms with Crippen LogP contribution in [0.2, 0.25) is 5.15 Å². The second-order valence-corrected chi connectivity index (χ2v) is 7.24. The maximum Gasteiger partial charge on any atom is 0.244 e. The van der Waals surface area contributed by atoms with Gasteiger partial charge in [0.25, 0.3) is 0 Å². The number of piperidine rings is 1. The molecule has 0 aliphatic carbocycles. The highest BCUT2D eigenvalue weighted by Crippen LogP contribution is 2.28. The molecule has 0 radical (unpaired) electrons. The molecule has 0 spiro atoms. The summed E-state index contributed by atoms with van der Waals surface area (Å²) in [5, 5.41) is 0.277. The van der Waals surface area contributed by atoms with Crippen molar-refractivity contribution in [2.45, 2.75) is 30.3 Å². The molecule has 106 valence electrons. The van der Waals surface area contributed by atoms with E-state index in [0.29, 0.717) is 13.1 Å². The zero-order chi connectivity index (χ0) is 14.1. The molecule has 19 heavy (non-hydrogen) atoms. The van der Waals surface area contributed by atoms with Crippen LogP contribution in [0.3, 0.4) is 0 Å². The van der Waals surface area contributed by atoms with Gasteiger partial charge in [-0.25, -0.2) is 13.4 Å². The number of rotatable bonds is 3. The molecule has 0 N–H and O–H groups in total. The molecule has 1 aromatic heterocycles. The zero-order valence-corrected chi connectivity index (χ0v) is 12.5. The number of sulfonamides is 1. The van der Waals surface area contributed by atoms with Crippen LogP contribution < -0.4 is 0 Å². The Labute approximate surface area is 118 Å². The van der Waals surface area contributed by atoms with Crippen LogP contribution in [0, 0.1) is 0 Å². The van der Waals surface area contributed by atoms with Gasteiger partial charge >= 0.3 is 0 Å². The molecule has 1 aromatic rings. The Hall–Kier alpha value is -0.690. The maximum atomic E-state index is 12.5. The first-order chi connectivity index (χ1) is 8.87. The molecule has 1 aliphatic rings. The van der Waals surface area contributed by atoms with E-state index < -0.39 is 15.6 Å². The van der Waals surface area contributed by atoms with Gasteiger partial charge in [0.1, 0.15) is 10.0 Å². The van der Waals surface area contributed by atoms with Crippen molar-refractivity contribution in [2.24, 2.45) is 0 Å².